The molecule has 3 heterocycles. The summed E-state index contributed by atoms with van der Waals surface area (Å²) in [5.74, 6) is -1.22. The molecule has 3 aromatic rings. The zero-order valence-corrected chi connectivity index (χ0v) is 19.7. The van der Waals surface area contributed by atoms with E-state index < -0.39 is 59.5 Å². The van der Waals surface area contributed by atoms with Crippen LogP contribution in [-0.2, 0) is 21.9 Å². The zero-order valence-electron chi connectivity index (χ0n) is 19.7. The van der Waals surface area contributed by atoms with E-state index in [1.165, 1.54) is 43.8 Å². The molecule has 38 heavy (non-hydrogen) atoms. The number of ether oxygens (including phenoxy) is 1. The molecule has 13 heteroatoms. The molecule has 0 N–H and O–H groups in total. The molecule has 5 atom stereocenters. The standard InChI is InChI=1S/C25H21F7N4O2/c1-13(15-6-16(24(27,28)29)8-17(7-15)25(30,31)32)38-21-10-36-19(22(21)14-2-4-18(26)5-3-14)9-20(23(36)37)35-11-33-34-12-35/h2-8,11-13,19-22H,9-10H2,1H3/t13-,19?,20?,21+,22+/m1/s1. The summed E-state index contributed by atoms with van der Waals surface area (Å²) in [6.07, 6.45) is -8.75. The van der Waals surface area contributed by atoms with Gasteiger partial charge in [0.2, 0.25) is 5.91 Å². The predicted molar refractivity (Wildman–Crippen MR) is 118 cm³/mol. The van der Waals surface area contributed by atoms with Gasteiger partial charge in [-0.15, -0.1) is 10.2 Å². The van der Waals surface area contributed by atoms with Gasteiger partial charge in [0.25, 0.3) is 0 Å². The van der Waals surface area contributed by atoms with Crippen LogP contribution >= 0.6 is 0 Å². The predicted octanol–water partition coefficient (Wildman–Crippen LogP) is 5.54. The van der Waals surface area contributed by atoms with E-state index in [0.29, 0.717) is 24.1 Å². The van der Waals surface area contributed by atoms with E-state index in [-0.39, 0.29) is 24.1 Å². The molecular formula is C25H21F7N4O2. The third kappa shape index (κ3) is 4.86. The fourth-order valence-electron chi connectivity index (χ4n) is 5.36. The lowest BCUT2D eigenvalue weighted by atomic mass is 9.87. The molecule has 2 unspecified atom stereocenters. The largest absolute Gasteiger partial charge is 0.416 e. The fraction of sp³-hybridized carbons (Fsp3) is 0.400. The Bertz CT molecular complexity index is 1280. The summed E-state index contributed by atoms with van der Waals surface area (Å²) in [6.45, 7) is 1.42. The SMILES string of the molecule is C[C@@H](O[C@H]1CN2C(=O)C(n3cnnc3)CC2[C@@H]1c1ccc(F)cc1)c1cc(C(F)(F)F)cc(C(F)(F)F)c1. The molecule has 0 spiro atoms. The molecule has 0 radical (unpaired) electrons. The lowest BCUT2D eigenvalue weighted by Crippen LogP contribution is -2.31. The van der Waals surface area contributed by atoms with Gasteiger partial charge in [0.05, 0.1) is 23.3 Å². The Morgan fingerprint density at radius 1 is 0.947 bits per heavy atom. The Hall–Kier alpha value is -3.48. The third-order valence-corrected chi connectivity index (χ3v) is 7.13. The van der Waals surface area contributed by atoms with Crippen LogP contribution in [0.2, 0.25) is 0 Å². The normalized spacial score (nSPS) is 24.6. The molecule has 6 nitrogen and oxygen atoms in total. The van der Waals surface area contributed by atoms with E-state index in [2.05, 4.69) is 10.2 Å². The Labute approximate surface area is 212 Å². The maximum absolute atomic E-state index is 13.7. The van der Waals surface area contributed by atoms with Crippen LogP contribution in [0.15, 0.2) is 55.1 Å². The van der Waals surface area contributed by atoms with Crippen LogP contribution in [0.5, 0.6) is 0 Å². The van der Waals surface area contributed by atoms with E-state index >= 15 is 0 Å². The molecule has 2 saturated heterocycles. The van der Waals surface area contributed by atoms with Crippen molar-refractivity contribution in [2.45, 2.75) is 55.9 Å². The Morgan fingerprint density at radius 2 is 1.53 bits per heavy atom. The van der Waals surface area contributed by atoms with Gasteiger partial charge in [0.1, 0.15) is 24.5 Å². The number of amides is 1. The molecule has 0 bridgehead atoms. The average molecular weight is 542 g/mol. The highest BCUT2D eigenvalue weighted by atomic mass is 19.4. The van der Waals surface area contributed by atoms with Crippen molar-refractivity contribution >= 4 is 5.91 Å². The van der Waals surface area contributed by atoms with Gasteiger partial charge in [-0.25, -0.2) is 4.39 Å². The minimum absolute atomic E-state index is 0.0552. The van der Waals surface area contributed by atoms with E-state index in [9.17, 15) is 35.5 Å². The van der Waals surface area contributed by atoms with Gasteiger partial charge in [-0.3, -0.25) is 4.79 Å². The number of hydrogen-bond acceptors (Lipinski definition) is 4. The highest BCUT2D eigenvalue weighted by Gasteiger charge is 2.53. The van der Waals surface area contributed by atoms with E-state index in [4.69, 9.17) is 4.74 Å². The number of carbonyl (C=O) groups excluding carboxylic acids is 1. The smallest absolute Gasteiger partial charge is 0.368 e. The maximum atomic E-state index is 13.7. The van der Waals surface area contributed by atoms with Gasteiger partial charge in [0, 0.05) is 18.5 Å². The Kier molecular flexibility index (Phi) is 6.44. The minimum atomic E-state index is -4.99. The van der Waals surface area contributed by atoms with Crippen LogP contribution in [0.1, 0.15) is 53.7 Å². The van der Waals surface area contributed by atoms with Crippen LogP contribution in [0, 0.1) is 5.82 Å². The topological polar surface area (TPSA) is 60.2 Å². The van der Waals surface area contributed by atoms with E-state index in [1.54, 1.807) is 9.47 Å². The van der Waals surface area contributed by atoms with Crippen molar-refractivity contribution in [2.24, 2.45) is 0 Å². The van der Waals surface area contributed by atoms with Gasteiger partial charge in [-0.2, -0.15) is 26.3 Å². The first-order chi connectivity index (χ1) is 17.8. The second kappa shape index (κ2) is 9.37. The molecule has 2 aromatic carbocycles. The number of aromatic nitrogens is 3. The molecule has 1 amide bonds. The summed E-state index contributed by atoms with van der Waals surface area (Å²) >= 11 is 0. The first-order valence-corrected chi connectivity index (χ1v) is 11.7. The van der Waals surface area contributed by atoms with E-state index in [1.807, 2.05) is 0 Å². The first kappa shape index (κ1) is 26.1. The number of benzene rings is 2. The number of rotatable bonds is 5. The Morgan fingerprint density at radius 3 is 2.08 bits per heavy atom. The van der Waals surface area contributed by atoms with Gasteiger partial charge in [-0.1, -0.05) is 12.1 Å². The molecule has 0 aliphatic carbocycles. The lowest BCUT2D eigenvalue weighted by Gasteiger charge is -2.27. The van der Waals surface area contributed by atoms with Gasteiger partial charge < -0.3 is 14.2 Å². The number of halogens is 7. The van der Waals surface area contributed by atoms with Crippen molar-refractivity contribution < 1.29 is 40.3 Å². The monoisotopic (exact) mass is 542 g/mol. The first-order valence-electron chi connectivity index (χ1n) is 11.7. The van der Waals surface area contributed by atoms with Crippen molar-refractivity contribution in [1.29, 1.82) is 0 Å². The third-order valence-electron chi connectivity index (χ3n) is 7.13. The van der Waals surface area contributed by atoms with Gasteiger partial charge in [0.15, 0.2) is 0 Å². The summed E-state index contributed by atoms with van der Waals surface area (Å²) in [6, 6.07) is 5.92. The summed E-state index contributed by atoms with van der Waals surface area (Å²) < 4.78 is 102. The average Bonchev–Trinajstić information content (AvgIpc) is 3.56. The summed E-state index contributed by atoms with van der Waals surface area (Å²) in [5.41, 5.74) is -2.54. The van der Waals surface area contributed by atoms with Crippen LogP contribution in [0.4, 0.5) is 30.7 Å². The number of alkyl halides is 6. The molecule has 5 rings (SSSR count). The van der Waals surface area contributed by atoms with Crippen molar-refractivity contribution in [2.75, 3.05) is 6.54 Å². The van der Waals surface area contributed by atoms with Crippen molar-refractivity contribution in [3.8, 4) is 0 Å². The molecule has 202 valence electrons. The maximum Gasteiger partial charge on any atom is 0.416 e. The van der Waals surface area contributed by atoms with Crippen LogP contribution < -0.4 is 0 Å². The minimum Gasteiger partial charge on any atom is -0.368 e. The fourth-order valence-corrected chi connectivity index (χ4v) is 5.36. The van der Waals surface area contributed by atoms with E-state index in [0.717, 1.165) is 0 Å². The number of nitrogens with zero attached hydrogens (tertiary/aromatic N) is 4. The number of fused-ring (bicyclic) bond motifs is 1. The van der Waals surface area contributed by atoms with Crippen molar-refractivity contribution in [1.82, 2.24) is 19.7 Å². The second-order valence-electron chi connectivity index (χ2n) is 9.45. The summed E-state index contributed by atoms with van der Waals surface area (Å²) in [4.78, 5) is 14.8. The Balaban J connectivity index is 1.47. The van der Waals surface area contributed by atoms with Crippen molar-refractivity contribution in [3.05, 3.63) is 83.2 Å². The zero-order chi connectivity index (χ0) is 27.4. The summed E-state index contributed by atoms with van der Waals surface area (Å²) in [5, 5.41) is 7.47. The van der Waals surface area contributed by atoms with Crippen LogP contribution in [0.25, 0.3) is 0 Å². The molecule has 2 fully saturated rings. The number of hydrogen-bond donors (Lipinski definition) is 0. The molecule has 2 aliphatic heterocycles. The molecule has 1 aromatic heterocycles. The van der Waals surface area contributed by atoms with Gasteiger partial charge in [-0.05, 0) is 54.8 Å². The highest BCUT2D eigenvalue weighted by Crippen LogP contribution is 2.46. The molecule has 2 aliphatic rings. The lowest BCUT2D eigenvalue weighted by molar-refractivity contribution is -0.143. The molecule has 0 saturated carbocycles. The van der Waals surface area contributed by atoms with Crippen LogP contribution in [0.3, 0.4) is 0 Å². The summed E-state index contributed by atoms with van der Waals surface area (Å²) in [7, 11) is 0. The molecular weight excluding hydrogens is 521 g/mol. The number of carbonyl (C=O) groups is 1. The second-order valence-corrected chi connectivity index (χ2v) is 9.45. The van der Waals surface area contributed by atoms with Gasteiger partial charge >= 0.3 is 12.4 Å². The van der Waals surface area contributed by atoms with Crippen molar-refractivity contribution in [3.63, 3.8) is 0 Å². The van der Waals surface area contributed by atoms with Crippen LogP contribution in [-0.4, -0.2) is 44.3 Å². The highest BCUT2D eigenvalue weighted by molar-refractivity contribution is 5.84. The quantitative estimate of drug-likeness (QED) is 0.398.